The largest absolute Gasteiger partial charge is 0.395 e. The fraction of sp³-hybridized carbons (Fsp3) is 1.00. The van der Waals surface area contributed by atoms with Crippen molar-refractivity contribution in [1.29, 1.82) is 0 Å². The average Bonchev–Trinajstić information content (AvgIpc) is 2.14. The molecule has 0 saturated carbocycles. The maximum Gasteiger partial charge on any atom is 0.0558 e. The first-order valence-corrected chi connectivity index (χ1v) is 5.77. The second-order valence-corrected chi connectivity index (χ2v) is 3.69. The van der Waals surface area contributed by atoms with E-state index in [1.54, 1.807) is 0 Å². The third-order valence-corrected chi connectivity index (χ3v) is 2.37. The van der Waals surface area contributed by atoms with E-state index in [9.17, 15) is 0 Å². The van der Waals surface area contributed by atoms with Crippen LogP contribution in [0, 0.1) is 0 Å². The molecule has 0 spiro atoms. The van der Waals surface area contributed by atoms with Gasteiger partial charge < -0.3 is 10.0 Å². The molecular formula is C10H22ClNO. The Kier molecular flexibility index (Phi) is 10.5. The summed E-state index contributed by atoms with van der Waals surface area (Å²) in [6.07, 6.45) is 4.67. The van der Waals surface area contributed by atoms with Crippen molar-refractivity contribution in [3.8, 4) is 0 Å². The first-order chi connectivity index (χ1) is 6.35. The van der Waals surface area contributed by atoms with Crippen molar-refractivity contribution in [2.75, 3.05) is 32.1 Å². The van der Waals surface area contributed by atoms with Gasteiger partial charge in [0.2, 0.25) is 0 Å². The smallest absolute Gasteiger partial charge is 0.0558 e. The van der Waals surface area contributed by atoms with E-state index in [0.717, 1.165) is 38.4 Å². The number of rotatable bonds is 9. The van der Waals surface area contributed by atoms with E-state index in [1.165, 1.54) is 12.8 Å². The molecule has 0 fully saturated rings. The van der Waals surface area contributed by atoms with Crippen LogP contribution in [0.1, 0.15) is 32.6 Å². The summed E-state index contributed by atoms with van der Waals surface area (Å²) < 4.78 is 0. The first kappa shape index (κ1) is 13.2. The summed E-state index contributed by atoms with van der Waals surface area (Å²) in [5.41, 5.74) is 0. The van der Waals surface area contributed by atoms with Crippen molar-refractivity contribution >= 4 is 11.6 Å². The van der Waals surface area contributed by atoms with Gasteiger partial charge in [0.15, 0.2) is 0 Å². The van der Waals surface area contributed by atoms with Crippen molar-refractivity contribution in [3.63, 3.8) is 0 Å². The van der Waals surface area contributed by atoms with Crippen LogP contribution in [-0.4, -0.2) is 42.1 Å². The van der Waals surface area contributed by atoms with Crippen LogP contribution < -0.4 is 0 Å². The minimum absolute atomic E-state index is 0.268. The van der Waals surface area contributed by atoms with E-state index < -0.39 is 0 Å². The lowest BCUT2D eigenvalue weighted by Gasteiger charge is -2.20. The van der Waals surface area contributed by atoms with Gasteiger partial charge in [-0.1, -0.05) is 13.3 Å². The Morgan fingerprint density at radius 3 is 2.31 bits per heavy atom. The number of hydrogen-bond donors (Lipinski definition) is 1. The van der Waals surface area contributed by atoms with E-state index >= 15 is 0 Å². The van der Waals surface area contributed by atoms with Gasteiger partial charge in [-0.25, -0.2) is 0 Å². The van der Waals surface area contributed by atoms with Crippen LogP contribution in [0.3, 0.4) is 0 Å². The molecule has 0 radical (unpaired) electrons. The molecule has 0 rings (SSSR count). The maximum absolute atomic E-state index is 8.82. The van der Waals surface area contributed by atoms with Crippen LogP contribution in [0.15, 0.2) is 0 Å². The second-order valence-electron chi connectivity index (χ2n) is 3.31. The molecule has 0 aliphatic carbocycles. The molecule has 0 unspecified atom stereocenters. The van der Waals surface area contributed by atoms with Crippen LogP contribution in [0.4, 0.5) is 0 Å². The van der Waals surface area contributed by atoms with Crippen LogP contribution in [0.5, 0.6) is 0 Å². The van der Waals surface area contributed by atoms with E-state index in [-0.39, 0.29) is 6.61 Å². The lowest BCUT2D eigenvalue weighted by molar-refractivity contribution is 0.192. The molecule has 80 valence electrons. The Balaban J connectivity index is 3.41. The third kappa shape index (κ3) is 8.54. The van der Waals surface area contributed by atoms with E-state index in [4.69, 9.17) is 16.7 Å². The highest BCUT2D eigenvalue weighted by Gasteiger charge is 2.02. The van der Waals surface area contributed by atoms with Gasteiger partial charge in [0.25, 0.3) is 0 Å². The molecule has 3 heteroatoms. The van der Waals surface area contributed by atoms with Gasteiger partial charge >= 0.3 is 0 Å². The molecule has 0 aromatic carbocycles. The SMILES string of the molecule is CCCCN(CCO)CCCCCl. The van der Waals surface area contributed by atoms with Gasteiger partial charge in [-0.05, 0) is 32.4 Å². The molecule has 2 nitrogen and oxygen atoms in total. The van der Waals surface area contributed by atoms with Crippen molar-refractivity contribution < 1.29 is 5.11 Å². The van der Waals surface area contributed by atoms with Crippen LogP contribution in [0.25, 0.3) is 0 Å². The summed E-state index contributed by atoms with van der Waals surface area (Å²) in [5, 5.41) is 8.82. The number of aliphatic hydroxyl groups excluding tert-OH is 1. The number of aliphatic hydroxyl groups is 1. The quantitative estimate of drug-likeness (QED) is 0.463. The molecule has 0 aromatic heterocycles. The molecule has 0 amide bonds. The number of halogens is 1. The Hall–Kier alpha value is 0.210. The summed E-state index contributed by atoms with van der Waals surface area (Å²) in [5.74, 6) is 0.751. The first-order valence-electron chi connectivity index (χ1n) is 5.24. The maximum atomic E-state index is 8.82. The van der Waals surface area contributed by atoms with Gasteiger partial charge in [0.05, 0.1) is 6.61 Å². The zero-order valence-electron chi connectivity index (χ0n) is 8.64. The molecule has 0 aliphatic rings. The van der Waals surface area contributed by atoms with Crippen molar-refractivity contribution in [1.82, 2.24) is 4.90 Å². The summed E-state index contributed by atoms with van der Waals surface area (Å²) in [6, 6.07) is 0. The van der Waals surface area contributed by atoms with Crippen molar-refractivity contribution in [3.05, 3.63) is 0 Å². The lowest BCUT2D eigenvalue weighted by Crippen LogP contribution is -2.29. The lowest BCUT2D eigenvalue weighted by atomic mass is 10.2. The van der Waals surface area contributed by atoms with Gasteiger partial charge in [0.1, 0.15) is 0 Å². The Morgan fingerprint density at radius 2 is 1.77 bits per heavy atom. The van der Waals surface area contributed by atoms with E-state index in [0.29, 0.717) is 0 Å². The summed E-state index contributed by atoms with van der Waals surface area (Å²) >= 11 is 5.60. The van der Waals surface area contributed by atoms with Gasteiger partial charge in [-0.3, -0.25) is 0 Å². The van der Waals surface area contributed by atoms with Crippen LogP contribution >= 0.6 is 11.6 Å². The molecular weight excluding hydrogens is 186 g/mol. The minimum Gasteiger partial charge on any atom is -0.395 e. The topological polar surface area (TPSA) is 23.5 Å². The predicted octanol–water partition coefficient (Wildman–Crippen LogP) is 2.10. The standard InChI is InChI=1S/C10H22ClNO/c1-2-3-7-12(9-10-13)8-5-4-6-11/h13H,2-10H2,1H3. The molecule has 1 N–H and O–H groups in total. The average molecular weight is 208 g/mol. The highest BCUT2D eigenvalue weighted by atomic mass is 35.5. The Morgan fingerprint density at radius 1 is 1.08 bits per heavy atom. The van der Waals surface area contributed by atoms with Crippen LogP contribution in [-0.2, 0) is 0 Å². The normalized spacial score (nSPS) is 11.1. The fourth-order valence-corrected chi connectivity index (χ4v) is 1.48. The highest BCUT2D eigenvalue weighted by Crippen LogP contribution is 1.99. The fourth-order valence-electron chi connectivity index (χ4n) is 1.29. The monoisotopic (exact) mass is 207 g/mol. The molecule has 13 heavy (non-hydrogen) atoms. The molecule has 0 aliphatic heterocycles. The Bertz CT molecular complexity index is 101. The summed E-state index contributed by atoms with van der Waals surface area (Å²) in [7, 11) is 0. The number of nitrogens with zero attached hydrogens (tertiary/aromatic N) is 1. The Labute approximate surface area is 86.9 Å². The van der Waals surface area contributed by atoms with Gasteiger partial charge in [-0.2, -0.15) is 0 Å². The van der Waals surface area contributed by atoms with E-state index in [1.807, 2.05) is 0 Å². The van der Waals surface area contributed by atoms with Gasteiger partial charge in [0, 0.05) is 12.4 Å². The summed E-state index contributed by atoms with van der Waals surface area (Å²) in [6.45, 7) is 5.45. The zero-order chi connectivity index (χ0) is 9.94. The van der Waals surface area contributed by atoms with Crippen LogP contribution in [0.2, 0.25) is 0 Å². The molecule has 0 heterocycles. The molecule has 0 bridgehead atoms. The third-order valence-electron chi connectivity index (χ3n) is 2.10. The number of hydrogen-bond acceptors (Lipinski definition) is 2. The predicted molar refractivity (Wildman–Crippen MR) is 58.4 cm³/mol. The second kappa shape index (κ2) is 10.3. The minimum atomic E-state index is 0.268. The molecule has 0 atom stereocenters. The van der Waals surface area contributed by atoms with Crippen molar-refractivity contribution in [2.45, 2.75) is 32.6 Å². The number of unbranched alkanes of at least 4 members (excludes halogenated alkanes) is 2. The number of alkyl halides is 1. The summed E-state index contributed by atoms with van der Waals surface area (Å²) in [4.78, 5) is 2.32. The van der Waals surface area contributed by atoms with Gasteiger partial charge in [-0.15, -0.1) is 11.6 Å². The zero-order valence-corrected chi connectivity index (χ0v) is 9.39. The van der Waals surface area contributed by atoms with E-state index in [2.05, 4.69) is 11.8 Å². The molecule has 0 aromatic rings. The van der Waals surface area contributed by atoms with Crippen molar-refractivity contribution in [2.24, 2.45) is 0 Å². The molecule has 0 saturated heterocycles. The highest BCUT2D eigenvalue weighted by molar-refractivity contribution is 6.17.